The van der Waals surface area contributed by atoms with Crippen molar-refractivity contribution in [2.45, 2.75) is 18.9 Å². The maximum Gasteiger partial charge on any atom is 0.412 e. The van der Waals surface area contributed by atoms with Crippen LogP contribution in [0, 0.1) is 0 Å². The summed E-state index contributed by atoms with van der Waals surface area (Å²) in [6, 6.07) is 17.8. The second-order valence-electron chi connectivity index (χ2n) is 6.77. The molecule has 8 heteroatoms. The van der Waals surface area contributed by atoms with Gasteiger partial charge in [0.1, 0.15) is 11.9 Å². The molecule has 0 saturated carbocycles. The highest BCUT2D eigenvalue weighted by Crippen LogP contribution is 2.34. The number of halogens is 1. The van der Waals surface area contributed by atoms with Crippen LogP contribution in [-0.2, 0) is 14.3 Å². The van der Waals surface area contributed by atoms with Gasteiger partial charge in [-0.3, -0.25) is 10.1 Å². The van der Waals surface area contributed by atoms with E-state index < -0.39 is 18.2 Å². The van der Waals surface area contributed by atoms with Gasteiger partial charge in [0, 0.05) is 21.1 Å². The molecule has 31 heavy (non-hydrogen) atoms. The Morgan fingerprint density at radius 2 is 1.74 bits per heavy atom. The SMILES string of the molecule is O=C(CS)OCCC[C@@H](OC(=O)Nc1ccc(Br)cc1)c1ccc(O)c2ccccc12. The third kappa shape index (κ3) is 6.38. The van der Waals surface area contributed by atoms with Gasteiger partial charge in [0.25, 0.3) is 0 Å². The van der Waals surface area contributed by atoms with Gasteiger partial charge in [-0.05, 0) is 48.6 Å². The summed E-state index contributed by atoms with van der Waals surface area (Å²) < 4.78 is 11.7. The van der Waals surface area contributed by atoms with Gasteiger partial charge in [-0.2, -0.15) is 12.6 Å². The Balaban J connectivity index is 1.79. The van der Waals surface area contributed by atoms with Gasteiger partial charge in [-0.1, -0.05) is 46.3 Å². The summed E-state index contributed by atoms with van der Waals surface area (Å²) in [5.74, 6) is -0.234. The predicted octanol–water partition coefficient (Wildman–Crippen LogP) is 5.85. The minimum atomic E-state index is -0.601. The fourth-order valence-corrected chi connectivity index (χ4v) is 3.53. The monoisotopic (exact) mass is 503 g/mol. The zero-order valence-electron chi connectivity index (χ0n) is 16.6. The number of fused-ring (bicyclic) bond motifs is 1. The molecule has 0 saturated heterocycles. The van der Waals surface area contributed by atoms with E-state index in [0.717, 1.165) is 15.4 Å². The second kappa shape index (κ2) is 11.1. The number of phenolic OH excluding ortho intramolecular Hbond substituents is 1. The molecule has 3 rings (SSSR count). The number of aromatic hydroxyl groups is 1. The summed E-state index contributed by atoms with van der Waals surface area (Å²) in [4.78, 5) is 23.9. The van der Waals surface area contributed by atoms with Gasteiger partial charge in [0.2, 0.25) is 0 Å². The highest BCUT2D eigenvalue weighted by atomic mass is 79.9. The number of esters is 1. The van der Waals surface area contributed by atoms with Gasteiger partial charge >= 0.3 is 12.1 Å². The topological polar surface area (TPSA) is 84.9 Å². The molecule has 0 aliphatic rings. The van der Waals surface area contributed by atoms with Crippen LogP contribution in [0.2, 0.25) is 0 Å². The lowest BCUT2D eigenvalue weighted by Crippen LogP contribution is -2.18. The summed E-state index contributed by atoms with van der Waals surface area (Å²) in [5, 5.41) is 14.4. The number of anilines is 1. The predicted molar refractivity (Wildman–Crippen MR) is 127 cm³/mol. The molecule has 0 aromatic heterocycles. The summed E-state index contributed by atoms with van der Waals surface area (Å²) in [7, 11) is 0. The van der Waals surface area contributed by atoms with E-state index in [0.29, 0.717) is 23.9 Å². The molecule has 162 valence electrons. The Bertz CT molecular complexity index is 1060. The van der Waals surface area contributed by atoms with Gasteiger partial charge in [-0.15, -0.1) is 0 Å². The number of phenols is 1. The standard InChI is InChI=1S/C23H22BrNO5S/c24-15-7-9-16(10-8-15)25-23(28)30-21(6-3-13-29-22(27)14-31)19-11-12-20(26)18-5-2-1-4-17(18)19/h1-2,4-5,7-12,21,26,31H,3,6,13-14H2,(H,25,28)/t21-/m1/s1. The first kappa shape index (κ1) is 23.0. The summed E-state index contributed by atoms with van der Waals surface area (Å²) in [6.45, 7) is 0.198. The second-order valence-corrected chi connectivity index (χ2v) is 8.00. The van der Waals surface area contributed by atoms with E-state index in [4.69, 9.17) is 9.47 Å². The molecule has 0 fully saturated rings. The summed E-state index contributed by atoms with van der Waals surface area (Å²) in [6.07, 6.45) is -0.277. The highest BCUT2D eigenvalue weighted by Gasteiger charge is 2.20. The maximum absolute atomic E-state index is 12.6. The van der Waals surface area contributed by atoms with Crippen molar-refractivity contribution in [2.24, 2.45) is 0 Å². The number of ether oxygens (including phenoxy) is 2. The number of hydrogen-bond donors (Lipinski definition) is 3. The van der Waals surface area contributed by atoms with Crippen molar-refractivity contribution in [1.82, 2.24) is 0 Å². The number of nitrogens with one attached hydrogen (secondary N) is 1. The zero-order chi connectivity index (χ0) is 22.2. The van der Waals surface area contributed by atoms with Crippen molar-refractivity contribution in [2.75, 3.05) is 17.7 Å². The number of carbonyl (C=O) groups excluding carboxylic acids is 2. The van der Waals surface area contributed by atoms with E-state index in [1.807, 2.05) is 36.4 Å². The van der Waals surface area contributed by atoms with Crippen LogP contribution in [0.15, 0.2) is 65.1 Å². The van der Waals surface area contributed by atoms with Crippen LogP contribution in [0.3, 0.4) is 0 Å². The molecule has 1 amide bonds. The number of amides is 1. The first-order chi connectivity index (χ1) is 15.0. The number of carbonyl (C=O) groups is 2. The number of hydrogen-bond acceptors (Lipinski definition) is 6. The largest absolute Gasteiger partial charge is 0.507 e. The first-order valence-electron chi connectivity index (χ1n) is 9.68. The van der Waals surface area contributed by atoms with Crippen LogP contribution in [-0.4, -0.2) is 29.5 Å². The van der Waals surface area contributed by atoms with Crippen LogP contribution in [0.1, 0.15) is 24.5 Å². The summed E-state index contributed by atoms with van der Waals surface area (Å²) >= 11 is 7.24. The Hall–Kier alpha value is -2.71. The minimum absolute atomic E-state index is 0.0120. The summed E-state index contributed by atoms with van der Waals surface area (Å²) in [5.41, 5.74) is 1.37. The third-order valence-electron chi connectivity index (χ3n) is 4.62. The molecular weight excluding hydrogens is 482 g/mol. The van der Waals surface area contributed by atoms with Crippen LogP contribution < -0.4 is 5.32 Å². The molecule has 0 heterocycles. The van der Waals surface area contributed by atoms with Crippen LogP contribution in [0.25, 0.3) is 10.8 Å². The molecule has 0 bridgehead atoms. The highest BCUT2D eigenvalue weighted by molar-refractivity contribution is 9.10. The first-order valence-corrected chi connectivity index (χ1v) is 11.1. The van der Waals surface area contributed by atoms with Crippen molar-refractivity contribution in [3.63, 3.8) is 0 Å². The van der Waals surface area contributed by atoms with Crippen molar-refractivity contribution in [1.29, 1.82) is 0 Å². The van der Waals surface area contributed by atoms with E-state index >= 15 is 0 Å². The Kier molecular flexibility index (Phi) is 8.20. The third-order valence-corrected chi connectivity index (χ3v) is 5.41. The van der Waals surface area contributed by atoms with E-state index in [1.54, 1.807) is 24.3 Å². The quantitative estimate of drug-likeness (QED) is 0.204. The van der Waals surface area contributed by atoms with E-state index in [9.17, 15) is 14.7 Å². The van der Waals surface area contributed by atoms with E-state index in [-0.39, 0.29) is 18.1 Å². The van der Waals surface area contributed by atoms with Crippen molar-refractivity contribution >= 4 is 57.1 Å². The lowest BCUT2D eigenvalue weighted by molar-refractivity contribution is -0.140. The van der Waals surface area contributed by atoms with Gasteiger partial charge in [-0.25, -0.2) is 4.79 Å². The molecule has 0 spiro atoms. The van der Waals surface area contributed by atoms with Crippen molar-refractivity contribution in [3.8, 4) is 5.75 Å². The fraction of sp³-hybridized carbons (Fsp3) is 0.217. The molecule has 6 nitrogen and oxygen atoms in total. The Morgan fingerprint density at radius 1 is 1.03 bits per heavy atom. The average Bonchev–Trinajstić information content (AvgIpc) is 2.78. The van der Waals surface area contributed by atoms with Gasteiger partial charge in [0.05, 0.1) is 12.4 Å². The molecule has 0 unspecified atom stereocenters. The van der Waals surface area contributed by atoms with Crippen LogP contribution in [0.5, 0.6) is 5.75 Å². The van der Waals surface area contributed by atoms with E-state index in [1.165, 1.54) is 0 Å². The van der Waals surface area contributed by atoms with Crippen molar-refractivity contribution < 1.29 is 24.2 Å². The van der Waals surface area contributed by atoms with Crippen molar-refractivity contribution in [3.05, 3.63) is 70.7 Å². The molecule has 0 aliphatic carbocycles. The van der Waals surface area contributed by atoms with E-state index in [2.05, 4.69) is 33.9 Å². The number of benzene rings is 3. The zero-order valence-corrected chi connectivity index (χ0v) is 19.1. The van der Waals surface area contributed by atoms with Crippen LogP contribution >= 0.6 is 28.6 Å². The maximum atomic E-state index is 12.6. The molecule has 1 atom stereocenters. The molecular formula is C23H22BrNO5S. The lowest BCUT2D eigenvalue weighted by atomic mass is 9.97. The molecule has 2 N–H and O–H groups in total. The molecule has 3 aromatic rings. The van der Waals surface area contributed by atoms with Crippen LogP contribution in [0.4, 0.5) is 10.5 Å². The molecule has 0 radical (unpaired) electrons. The Morgan fingerprint density at radius 3 is 2.45 bits per heavy atom. The number of thiol groups is 1. The van der Waals surface area contributed by atoms with Gasteiger partial charge < -0.3 is 14.6 Å². The molecule has 0 aliphatic heterocycles. The number of rotatable bonds is 8. The molecule has 3 aromatic carbocycles. The smallest absolute Gasteiger partial charge is 0.412 e. The average molecular weight is 504 g/mol. The van der Waals surface area contributed by atoms with Gasteiger partial charge in [0.15, 0.2) is 0 Å². The fourth-order valence-electron chi connectivity index (χ4n) is 3.18. The normalized spacial score (nSPS) is 11.7. The lowest BCUT2D eigenvalue weighted by Gasteiger charge is -2.21. The Labute approximate surface area is 194 Å². The minimum Gasteiger partial charge on any atom is -0.507 e.